The highest BCUT2D eigenvalue weighted by Crippen LogP contribution is 2.18. The maximum Gasteiger partial charge on any atom is 0.245 e. The molecule has 1 atom stereocenters. The highest BCUT2D eigenvalue weighted by Gasteiger charge is 2.32. The van der Waals surface area contributed by atoms with E-state index in [9.17, 15) is 9.59 Å². The minimum atomic E-state index is -0.382. The number of carbonyl (C=O) groups is 2. The quantitative estimate of drug-likeness (QED) is 0.791. The van der Waals surface area contributed by atoms with E-state index in [0.717, 1.165) is 12.8 Å². The van der Waals surface area contributed by atoms with Gasteiger partial charge < -0.3 is 19.4 Å². The molecule has 2 aliphatic heterocycles. The van der Waals surface area contributed by atoms with E-state index in [1.807, 2.05) is 16.7 Å². The van der Waals surface area contributed by atoms with E-state index < -0.39 is 0 Å². The van der Waals surface area contributed by atoms with Crippen molar-refractivity contribution < 1.29 is 14.3 Å². The van der Waals surface area contributed by atoms with Crippen molar-refractivity contribution in [1.29, 1.82) is 0 Å². The third-order valence-corrected chi connectivity index (χ3v) is 4.89. The fourth-order valence-corrected chi connectivity index (χ4v) is 3.36. The second-order valence-electron chi connectivity index (χ2n) is 6.43. The molecule has 0 radical (unpaired) electrons. The zero-order valence-electron chi connectivity index (χ0n) is 14.8. The molecule has 1 aromatic rings. The number of methoxy groups -OCH3 is 1. The lowest BCUT2D eigenvalue weighted by atomic mass is 10.1. The molecule has 0 aromatic carbocycles. The van der Waals surface area contributed by atoms with Crippen LogP contribution in [0.3, 0.4) is 0 Å². The van der Waals surface area contributed by atoms with Gasteiger partial charge in [0.1, 0.15) is 6.04 Å². The lowest BCUT2D eigenvalue weighted by Gasteiger charge is -2.39. The molecule has 0 unspecified atom stereocenters. The van der Waals surface area contributed by atoms with Crippen LogP contribution in [-0.4, -0.2) is 77.5 Å². The molecule has 2 saturated heterocycles. The molecule has 0 spiro atoms. The van der Waals surface area contributed by atoms with Crippen molar-refractivity contribution in [1.82, 2.24) is 19.8 Å². The normalized spacial score (nSPS) is 19.8. The van der Waals surface area contributed by atoms with Crippen molar-refractivity contribution in [2.45, 2.75) is 32.2 Å². The predicted octanol–water partition coefficient (Wildman–Crippen LogP) is 0.535. The monoisotopic (exact) mass is 347 g/mol. The van der Waals surface area contributed by atoms with Gasteiger partial charge >= 0.3 is 0 Å². The first-order valence-electron chi connectivity index (χ1n) is 8.80. The molecule has 0 N–H and O–H groups in total. The molecule has 3 heterocycles. The van der Waals surface area contributed by atoms with Crippen LogP contribution >= 0.6 is 0 Å². The van der Waals surface area contributed by atoms with Crippen LogP contribution in [0.1, 0.15) is 26.2 Å². The molecule has 0 bridgehead atoms. The topological polar surface area (TPSA) is 78.9 Å². The van der Waals surface area contributed by atoms with E-state index >= 15 is 0 Å². The molecule has 2 fully saturated rings. The second-order valence-corrected chi connectivity index (χ2v) is 6.43. The van der Waals surface area contributed by atoms with Crippen LogP contribution in [0.5, 0.6) is 5.88 Å². The van der Waals surface area contributed by atoms with Crippen LogP contribution in [0.2, 0.25) is 0 Å². The number of piperidine rings is 1. The van der Waals surface area contributed by atoms with E-state index in [2.05, 4.69) is 9.97 Å². The van der Waals surface area contributed by atoms with Gasteiger partial charge in [0, 0.05) is 51.4 Å². The Balaban J connectivity index is 1.57. The number of hydrogen-bond donors (Lipinski definition) is 0. The van der Waals surface area contributed by atoms with Crippen LogP contribution in [0.4, 0.5) is 5.95 Å². The summed E-state index contributed by atoms with van der Waals surface area (Å²) >= 11 is 0. The summed E-state index contributed by atoms with van der Waals surface area (Å²) in [5.41, 5.74) is 0. The van der Waals surface area contributed by atoms with Crippen molar-refractivity contribution in [2.75, 3.05) is 44.7 Å². The smallest absolute Gasteiger partial charge is 0.245 e. The highest BCUT2D eigenvalue weighted by molar-refractivity contribution is 5.87. The molecular formula is C17H25N5O3. The summed E-state index contributed by atoms with van der Waals surface area (Å²) in [7, 11) is 1.58. The van der Waals surface area contributed by atoms with Gasteiger partial charge in [0.25, 0.3) is 0 Å². The summed E-state index contributed by atoms with van der Waals surface area (Å²) in [6, 6.07) is 1.33. The van der Waals surface area contributed by atoms with Crippen LogP contribution < -0.4 is 9.64 Å². The second kappa shape index (κ2) is 7.67. The summed E-state index contributed by atoms with van der Waals surface area (Å²) in [4.78, 5) is 39.0. The zero-order chi connectivity index (χ0) is 17.8. The van der Waals surface area contributed by atoms with Crippen molar-refractivity contribution >= 4 is 17.8 Å². The fourth-order valence-electron chi connectivity index (χ4n) is 3.36. The van der Waals surface area contributed by atoms with Crippen molar-refractivity contribution in [3.63, 3.8) is 0 Å². The Morgan fingerprint density at radius 3 is 2.64 bits per heavy atom. The summed E-state index contributed by atoms with van der Waals surface area (Å²) in [5.74, 6) is 1.27. The standard InChI is InChI=1S/C17H25N5O3/c1-13(22-8-4-3-5-15(22)23)16(24)20-9-11-21(12-10-20)17-18-7-6-14(19-17)25-2/h6-7,13H,3-5,8-12H2,1-2H3/t13-/m1/s1. The van der Waals surface area contributed by atoms with E-state index in [-0.39, 0.29) is 17.9 Å². The summed E-state index contributed by atoms with van der Waals surface area (Å²) in [6.45, 7) is 5.06. The summed E-state index contributed by atoms with van der Waals surface area (Å²) in [6.07, 6.45) is 4.13. The number of amides is 2. The Kier molecular flexibility index (Phi) is 5.35. The molecular weight excluding hydrogens is 322 g/mol. The highest BCUT2D eigenvalue weighted by atomic mass is 16.5. The number of carbonyl (C=O) groups excluding carboxylic acids is 2. The average Bonchev–Trinajstić information content (AvgIpc) is 2.67. The van der Waals surface area contributed by atoms with Gasteiger partial charge in [-0.3, -0.25) is 9.59 Å². The lowest BCUT2D eigenvalue weighted by molar-refractivity contribution is -0.146. The number of rotatable bonds is 4. The first kappa shape index (κ1) is 17.4. The average molecular weight is 347 g/mol. The van der Waals surface area contributed by atoms with Gasteiger partial charge in [-0.2, -0.15) is 4.98 Å². The molecule has 8 nitrogen and oxygen atoms in total. The minimum Gasteiger partial charge on any atom is -0.481 e. The van der Waals surface area contributed by atoms with Crippen LogP contribution in [0.25, 0.3) is 0 Å². The third kappa shape index (κ3) is 3.83. The summed E-state index contributed by atoms with van der Waals surface area (Å²) in [5, 5.41) is 0. The van der Waals surface area contributed by atoms with Gasteiger partial charge in [0.2, 0.25) is 23.6 Å². The van der Waals surface area contributed by atoms with E-state index in [4.69, 9.17) is 4.74 Å². The third-order valence-electron chi connectivity index (χ3n) is 4.89. The molecule has 25 heavy (non-hydrogen) atoms. The number of nitrogens with zero attached hydrogens (tertiary/aromatic N) is 5. The van der Waals surface area contributed by atoms with Gasteiger partial charge in [0.05, 0.1) is 7.11 Å². The van der Waals surface area contributed by atoms with Gasteiger partial charge in [-0.25, -0.2) is 4.98 Å². The Morgan fingerprint density at radius 1 is 1.20 bits per heavy atom. The van der Waals surface area contributed by atoms with Gasteiger partial charge in [-0.15, -0.1) is 0 Å². The minimum absolute atomic E-state index is 0.0291. The van der Waals surface area contributed by atoms with Crippen molar-refractivity contribution in [3.05, 3.63) is 12.3 Å². The molecule has 0 aliphatic carbocycles. The molecule has 2 aliphatic rings. The predicted molar refractivity (Wildman–Crippen MR) is 92.4 cm³/mol. The maximum atomic E-state index is 12.7. The molecule has 2 amide bonds. The van der Waals surface area contributed by atoms with Crippen LogP contribution in [0.15, 0.2) is 12.3 Å². The number of piperazine rings is 1. The Hall–Kier alpha value is -2.38. The molecule has 3 rings (SSSR count). The number of ether oxygens (including phenoxy) is 1. The van der Waals surface area contributed by atoms with Crippen molar-refractivity contribution in [2.24, 2.45) is 0 Å². The van der Waals surface area contributed by atoms with Gasteiger partial charge in [0.15, 0.2) is 0 Å². The first-order valence-corrected chi connectivity index (χ1v) is 8.80. The first-order chi connectivity index (χ1) is 12.1. The number of hydrogen-bond acceptors (Lipinski definition) is 6. The van der Waals surface area contributed by atoms with Gasteiger partial charge in [-0.05, 0) is 19.8 Å². The van der Waals surface area contributed by atoms with Crippen molar-refractivity contribution in [3.8, 4) is 5.88 Å². The van der Waals surface area contributed by atoms with Gasteiger partial charge in [-0.1, -0.05) is 0 Å². The maximum absolute atomic E-state index is 12.7. The van der Waals surface area contributed by atoms with E-state index in [1.165, 1.54) is 0 Å². The molecule has 1 aromatic heterocycles. The lowest BCUT2D eigenvalue weighted by Crippen LogP contribution is -2.56. The Morgan fingerprint density at radius 2 is 1.96 bits per heavy atom. The molecule has 8 heteroatoms. The van der Waals surface area contributed by atoms with E-state index in [1.54, 1.807) is 24.3 Å². The molecule has 0 saturated carbocycles. The number of likely N-dealkylation sites (tertiary alicyclic amines) is 1. The Labute approximate surface area is 147 Å². The number of anilines is 1. The number of aromatic nitrogens is 2. The summed E-state index contributed by atoms with van der Waals surface area (Å²) < 4.78 is 5.13. The SMILES string of the molecule is COc1ccnc(N2CCN(C(=O)[C@@H](C)N3CCCCC3=O)CC2)n1. The van der Waals surface area contributed by atoms with E-state index in [0.29, 0.717) is 51.0 Å². The molecule has 136 valence electrons. The largest absolute Gasteiger partial charge is 0.481 e. The van der Waals surface area contributed by atoms with Crippen LogP contribution in [-0.2, 0) is 9.59 Å². The fraction of sp³-hybridized carbons (Fsp3) is 0.647. The van der Waals surface area contributed by atoms with Crippen LogP contribution in [0, 0.1) is 0 Å². The Bertz CT molecular complexity index is 630. The zero-order valence-corrected chi connectivity index (χ0v) is 14.8.